The van der Waals surface area contributed by atoms with Gasteiger partial charge in [-0.1, -0.05) is 19.9 Å². The first-order valence-corrected chi connectivity index (χ1v) is 7.34. The van der Waals surface area contributed by atoms with E-state index in [4.69, 9.17) is 5.73 Å². The molecule has 1 aromatic carbocycles. The summed E-state index contributed by atoms with van der Waals surface area (Å²) in [5, 5.41) is 3.09. The Kier molecular flexibility index (Phi) is 7.15. The van der Waals surface area contributed by atoms with E-state index in [0.717, 1.165) is 18.5 Å². The van der Waals surface area contributed by atoms with E-state index in [2.05, 4.69) is 24.2 Å². The fourth-order valence-corrected chi connectivity index (χ4v) is 1.91. The molecule has 0 aliphatic heterocycles. The molecule has 0 aromatic heterocycles. The average Bonchev–Trinajstić information content (AvgIpc) is 2.38. The summed E-state index contributed by atoms with van der Waals surface area (Å²) in [6, 6.07) is 5.09. The summed E-state index contributed by atoms with van der Waals surface area (Å²) in [5.41, 5.74) is 7.45. The van der Waals surface area contributed by atoms with Gasteiger partial charge in [-0.3, -0.25) is 0 Å². The molecule has 0 radical (unpaired) electrons. The third kappa shape index (κ3) is 7.09. The zero-order chi connectivity index (χ0) is 15.8. The van der Waals surface area contributed by atoms with Crippen molar-refractivity contribution < 1.29 is 4.39 Å². The molecule has 0 heterocycles. The monoisotopic (exact) mass is 294 g/mol. The maximum absolute atomic E-state index is 13.7. The Bertz CT molecular complexity index is 469. The van der Waals surface area contributed by atoms with E-state index in [1.807, 2.05) is 25.1 Å². The van der Waals surface area contributed by atoms with Gasteiger partial charge in [-0.05, 0) is 44.1 Å². The lowest BCUT2D eigenvalue weighted by Crippen LogP contribution is -2.32. The smallest absolute Gasteiger partial charge is 0.188 e. The number of rotatable bonds is 7. The highest BCUT2D eigenvalue weighted by Gasteiger charge is 2.05. The van der Waals surface area contributed by atoms with Crippen molar-refractivity contribution in [2.24, 2.45) is 16.6 Å². The summed E-state index contributed by atoms with van der Waals surface area (Å²) >= 11 is 0. The Morgan fingerprint density at radius 3 is 2.71 bits per heavy atom. The van der Waals surface area contributed by atoms with Crippen molar-refractivity contribution in [3.63, 3.8) is 0 Å². The highest BCUT2D eigenvalue weighted by atomic mass is 19.1. The number of guanidine groups is 1. The van der Waals surface area contributed by atoms with Crippen LogP contribution in [-0.4, -0.2) is 31.5 Å². The number of nitrogens with zero attached hydrogens (tertiary/aromatic N) is 2. The fraction of sp³-hybridized carbons (Fsp3) is 0.562. The van der Waals surface area contributed by atoms with Crippen LogP contribution in [0, 0.1) is 11.7 Å². The molecule has 118 valence electrons. The van der Waals surface area contributed by atoms with E-state index < -0.39 is 0 Å². The minimum Gasteiger partial charge on any atom is -0.370 e. The maximum atomic E-state index is 13.7. The molecular weight excluding hydrogens is 267 g/mol. The van der Waals surface area contributed by atoms with Crippen molar-refractivity contribution >= 4 is 5.96 Å². The van der Waals surface area contributed by atoms with Crippen molar-refractivity contribution in [2.75, 3.05) is 20.6 Å². The van der Waals surface area contributed by atoms with Gasteiger partial charge in [0.05, 0.1) is 6.54 Å². The number of nitrogens with two attached hydrogens (primary N) is 1. The molecule has 0 spiro atoms. The lowest BCUT2D eigenvalue weighted by Gasteiger charge is -2.12. The molecule has 0 aliphatic rings. The van der Waals surface area contributed by atoms with Crippen LogP contribution in [0.4, 0.5) is 4.39 Å². The third-order valence-corrected chi connectivity index (χ3v) is 3.06. The standard InChI is InChI=1S/C16H27FN4/c1-12(2)7-8-19-16(18)20-10-13-5-6-15(17)14(9-13)11-21(3)4/h5-6,9,12H,7-8,10-11H2,1-4H3,(H3,18,19,20). The van der Waals surface area contributed by atoms with Gasteiger partial charge in [0.1, 0.15) is 5.82 Å². The lowest BCUT2D eigenvalue weighted by atomic mass is 10.1. The van der Waals surface area contributed by atoms with Crippen LogP contribution in [0.1, 0.15) is 31.4 Å². The van der Waals surface area contributed by atoms with Crippen molar-refractivity contribution in [3.05, 3.63) is 35.1 Å². The van der Waals surface area contributed by atoms with Crippen LogP contribution in [0.2, 0.25) is 0 Å². The summed E-state index contributed by atoms with van der Waals surface area (Å²) in [7, 11) is 3.84. The molecule has 0 fully saturated rings. The zero-order valence-corrected chi connectivity index (χ0v) is 13.5. The van der Waals surface area contributed by atoms with Crippen molar-refractivity contribution in [1.82, 2.24) is 10.2 Å². The number of hydrogen-bond acceptors (Lipinski definition) is 2. The Morgan fingerprint density at radius 1 is 1.38 bits per heavy atom. The predicted octanol–water partition coefficient (Wildman–Crippen LogP) is 2.34. The Morgan fingerprint density at radius 2 is 2.10 bits per heavy atom. The van der Waals surface area contributed by atoms with Crippen LogP contribution in [0.25, 0.3) is 0 Å². The molecule has 4 nitrogen and oxygen atoms in total. The molecule has 1 rings (SSSR count). The van der Waals surface area contributed by atoms with Gasteiger partial charge in [-0.2, -0.15) is 0 Å². The Balaban J connectivity index is 2.58. The lowest BCUT2D eigenvalue weighted by molar-refractivity contribution is 0.392. The molecule has 0 saturated heterocycles. The van der Waals surface area contributed by atoms with Gasteiger partial charge in [-0.15, -0.1) is 0 Å². The molecule has 0 unspecified atom stereocenters. The van der Waals surface area contributed by atoms with Crippen molar-refractivity contribution in [1.29, 1.82) is 0 Å². The van der Waals surface area contributed by atoms with Crippen molar-refractivity contribution in [2.45, 2.75) is 33.4 Å². The second-order valence-corrected chi connectivity index (χ2v) is 5.97. The molecule has 1 aromatic rings. The Hall–Kier alpha value is -1.62. The van der Waals surface area contributed by atoms with Gasteiger partial charge in [0.2, 0.25) is 0 Å². The van der Waals surface area contributed by atoms with Gasteiger partial charge in [-0.25, -0.2) is 9.38 Å². The predicted molar refractivity (Wildman–Crippen MR) is 86.6 cm³/mol. The molecule has 0 amide bonds. The number of nitrogens with one attached hydrogen (secondary N) is 1. The molecule has 3 N–H and O–H groups in total. The first-order valence-electron chi connectivity index (χ1n) is 7.34. The van der Waals surface area contributed by atoms with Crippen LogP contribution in [0.5, 0.6) is 0 Å². The summed E-state index contributed by atoms with van der Waals surface area (Å²) < 4.78 is 13.7. The number of halogens is 1. The minimum atomic E-state index is -0.181. The summed E-state index contributed by atoms with van der Waals surface area (Å²) in [5.74, 6) is 0.893. The van der Waals surface area contributed by atoms with E-state index in [1.54, 1.807) is 6.07 Å². The average molecular weight is 294 g/mol. The van der Waals surface area contributed by atoms with E-state index in [0.29, 0.717) is 30.5 Å². The largest absolute Gasteiger partial charge is 0.370 e. The minimum absolute atomic E-state index is 0.181. The summed E-state index contributed by atoms with van der Waals surface area (Å²) in [6.07, 6.45) is 1.06. The topological polar surface area (TPSA) is 53.6 Å². The molecule has 21 heavy (non-hydrogen) atoms. The zero-order valence-electron chi connectivity index (χ0n) is 13.5. The van der Waals surface area contributed by atoms with Gasteiger partial charge < -0.3 is 16.0 Å². The summed E-state index contributed by atoms with van der Waals surface area (Å²) in [6.45, 7) is 6.19. The van der Waals surface area contributed by atoms with Gasteiger partial charge in [0, 0.05) is 18.7 Å². The number of aliphatic imine (C=N–C) groups is 1. The van der Waals surface area contributed by atoms with Crippen LogP contribution >= 0.6 is 0 Å². The molecular formula is C16H27FN4. The third-order valence-electron chi connectivity index (χ3n) is 3.06. The van der Waals surface area contributed by atoms with Gasteiger partial charge >= 0.3 is 0 Å². The van der Waals surface area contributed by atoms with Crippen LogP contribution < -0.4 is 11.1 Å². The Labute approximate surface area is 127 Å². The normalized spacial score (nSPS) is 12.2. The van der Waals surface area contributed by atoms with Crippen LogP contribution in [-0.2, 0) is 13.1 Å². The van der Waals surface area contributed by atoms with Gasteiger partial charge in [0.25, 0.3) is 0 Å². The maximum Gasteiger partial charge on any atom is 0.188 e. The molecule has 5 heteroatoms. The summed E-state index contributed by atoms with van der Waals surface area (Å²) in [4.78, 5) is 6.23. The second kappa shape index (κ2) is 8.62. The number of hydrogen-bond donors (Lipinski definition) is 2. The van der Waals surface area contributed by atoms with E-state index in [9.17, 15) is 4.39 Å². The SMILES string of the molecule is CC(C)CCNC(N)=NCc1ccc(F)c(CN(C)C)c1. The molecule has 0 aliphatic carbocycles. The molecule has 0 bridgehead atoms. The first kappa shape index (κ1) is 17.4. The molecule has 0 atom stereocenters. The quantitative estimate of drug-likeness (QED) is 0.599. The van der Waals surface area contributed by atoms with Crippen LogP contribution in [0.15, 0.2) is 23.2 Å². The van der Waals surface area contributed by atoms with E-state index >= 15 is 0 Å². The first-order chi connectivity index (χ1) is 9.88. The van der Waals surface area contributed by atoms with Crippen LogP contribution in [0.3, 0.4) is 0 Å². The highest BCUT2D eigenvalue weighted by molar-refractivity contribution is 5.77. The number of benzene rings is 1. The van der Waals surface area contributed by atoms with Crippen molar-refractivity contribution in [3.8, 4) is 0 Å². The second-order valence-electron chi connectivity index (χ2n) is 5.97. The fourth-order valence-electron chi connectivity index (χ4n) is 1.91. The van der Waals surface area contributed by atoms with E-state index in [1.165, 1.54) is 6.07 Å². The highest BCUT2D eigenvalue weighted by Crippen LogP contribution is 2.13. The van der Waals surface area contributed by atoms with Gasteiger partial charge in [0.15, 0.2) is 5.96 Å². The van der Waals surface area contributed by atoms with E-state index in [-0.39, 0.29) is 5.82 Å². The molecule has 0 saturated carbocycles.